The molecule has 1 rings (SSSR count). The maximum Gasteiger partial charge on any atom is 0.307 e. The van der Waals surface area contributed by atoms with Gasteiger partial charge < -0.3 is 4.74 Å². The maximum atomic E-state index is 10.5. The first-order chi connectivity index (χ1) is 4.24. The maximum absolute atomic E-state index is 10.5. The number of halogens is 1. The fourth-order valence-corrected chi connectivity index (χ4v) is 1.28. The van der Waals surface area contributed by atoms with Crippen molar-refractivity contribution in [2.24, 2.45) is 0 Å². The molecule has 1 aliphatic heterocycles. The molecule has 0 radical (unpaired) electrons. The lowest BCUT2D eigenvalue weighted by Gasteiger charge is -2.07. The minimum absolute atomic E-state index is 0.0424. The van der Waals surface area contributed by atoms with Crippen molar-refractivity contribution in [3.8, 4) is 0 Å². The van der Waals surface area contributed by atoms with Gasteiger partial charge in [0.1, 0.15) is 6.10 Å². The van der Waals surface area contributed by atoms with Crippen molar-refractivity contribution < 1.29 is 9.53 Å². The van der Waals surface area contributed by atoms with E-state index in [1.165, 1.54) is 0 Å². The molecule has 1 fully saturated rings. The van der Waals surface area contributed by atoms with Crippen LogP contribution in [0.5, 0.6) is 0 Å². The zero-order chi connectivity index (χ0) is 6.85. The third-order valence-electron chi connectivity index (χ3n) is 1.45. The third-order valence-corrected chi connectivity index (χ3v) is 1.89. The van der Waals surface area contributed by atoms with Gasteiger partial charge >= 0.3 is 5.97 Å². The predicted molar refractivity (Wildman–Crippen MR) is 34.4 cm³/mol. The largest absolute Gasteiger partial charge is 0.461 e. The van der Waals surface area contributed by atoms with E-state index in [-0.39, 0.29) is 17.5 Å². The molecule has 0 saturated carbocycles. The number of hydrogen-bond acceptors (Lipinski definition) is 2. The molecule has 0 bridgehead atoms. The van der Waals surface area contributed by atoms with Crippen molar-refractivity contribution in [2.75, 3.05) is 0 Å². The highest BCUT2D eigenvalue weighted by Gasteiger charge is 2.31. The zero-order valence-electron chi connectivity index (χ0n) is 5.26. The van der Waals surface area contributed by atoms with Crippen LogP contribution in [0.2, 0.25) is 0 Å². The van der Waals surface area contributed by atoms with Gasteiger partial charge in [0, 0.05) is 0 Å². The molecule has 0 spiro atoms. The van der Waals surface area contributed by atoms with Gasteiger partial charge in [-0.1, -0.05) is 6.92 Å². The van der Waals surface area contributed by atoms with Crippen LogP contribution in [-0.2, 0) is 9.53 Å². The molecule has 0 aliphatic carbocycles. The van der Waals surface area contributed by atoms with Crippen LogP contribution in [0.1, 0.15) is 19.8 Å². The van der Waals surface area contributed by atoms with E-state index in [9.17, 15) is 4.79 Å². The Morgan fingerprint density at radius 2 is 2.56 bits per heavy atom. The standard InChI is InChI=1S/C6H9ClO2/c1-2-5-4(7)3-6(8)9-5/h4-5H,2-3H2,1H3. The third kappa shape index (κ3) is 1.36. The molecule has 0 amide bonds. The number of carbonyl (C=O) groups is 1. The fraction of sp³-hybridized carbons (Fsp3) is 0.833. The average Bonchev–Trinajstić information content (AvgIpc) is 2.10. The number of esters is 1. The highest BCUT2D eigenvalue weighted by molar-refractivity contribution is 6.22. The van der Waals surface area contributed by atoms with Crippen molar-refractivity contribution in [3.63, 3.8) is 0 Å². The lowest BCUT2D eigenvalue weighted by atomic mass is 10.2. The smallest absolute Gasteiger partial charge is 0.307 e. The molecule has 3 heteroatoms. The second-order valence-corrected chi connectivity index (χ2v) is 2.72. The van der Waals surface area contributed by atoms with Crippen LogP contribution in [0.4, 0.5) is 0 Å². The summed E-state index contributed by atoms with van der Waals surface area (Å²) in [5.74, 6) is -0.165. The van der Waals surface area contributed by atoms with Gasteiger partial charge in [0.2, 0.25) is 0 Å². The van der Waals surface area contributed by atoms with Gasteiger partial charge in [0.25, 0.3) is 0 Å². The summed E-state index contributed by atoms with van der Waals surface area (Å²) in [5, 5.41) is -0.0949. The van der Waals surface area contributed by atoms with Gasteiger partial charge in [0.15, 0.2) is 0 Å². The minimum atomic E-state index is -0.165. The lowest BCUT2D eigenvalue weighted by Crippen LogP contribution is -2.13. The van der Waals surface area contributed by atoms with Crippen molar-refractivity contribution in [2.45, 2.75) is 31.2 Å². The van der Waals surface area contributed by atoms with Crippen LogP contribution in [-0.4, -0.2) is 17.5 Å². The van der Waals surface area contributed by atoms with E-state index < -0.39 is 0 Å². The van der Waals surface area contributed by atoms with E-state index >= 15 is 0 Å². The Morgan fingerprint density at radius 1 is 1.89 bits per heavy atom. The number of ether oxygens (including phenoxy) is 1. The van der Waals surface area contributed by atoms with Crippen LogP contribution in [0.3, 0.4) is 0 Å². The SMILES string of the molecule is CCC1OC(=O)CC1Cl. The molecule has 0 N–H and O–H groups in total. The van der Waals surface area contributed by atoms with Gasteiger partial charge in [-0.05, 0) is 6.42 Å². The summed E-state index contributed by atoms with van der Waals surface area (Å²) in [7, 11) is 0. The monoisotopic (exact) mass is 148 g/mol. The van der Waals surface area contributed by atoms with Crippen molar-refractivity contribution in [1.29, 1.82) is 0 Å². The van der Waals surface area contributed by atoms with E-state index in [0.717, 1.165) is 6.42 Å². The highest BCUT2D eigenvalue weighted by Crippen LogP contribution is 2.22. The summed E-state index contributed by atoms with van der Waals surface area (Å²) in [4.78, 5) is 10.5. The van der Waals surface area contributed by atoms with Gasteiger partial charge in [-0.2, -0.15) is 0 Å². The minimum Gasteiger partial charge on any atom is -0.461 e. The molecule has 0 aromatic rings. The molecule has 52 valence electrons. The van der Waals surface area contributed by atoms with E-state index in [4.69, 9.17) is 16.3 Å². The topological polar surface area (TPSA) is 26.3 Å². The van der Waals surface area contributed by atoms with E-state index in [1.54, 1.807) is 0 Å². The zero-order valence-corrected chi connectivity index (χ0v) is 6.02. The summed E-state index contributed by atoms with van der Waals surface area (Å²) in [5.41, 5.74) is 0. The Kier molecular flexibility index (Phi) is 1.96. The first-order valence-electron chi connectivity index (χ1n) is 3.07. The summed E-state index contributed by atoms with van der Waals surface area (Å²) in [6.45, 7) is 1.96. The van der Waals surface area contributed by atoms with Gasteiger partial charge in [-0.25, -0.2) is 0 Å². The van der Waals surface area contributed by atoms with Crippen molar-refractivity contribution in [1.82, 2.24) is 0 Å². The molecule has 0 aromatic carbocycles. The summed E-state index contributed by atoms with van der Waals surface area (Å²) >= 11 is 5.73. The van der Waals surface area contributed by atoms with Crippen LogP contribution in [0, 0.1) is 0 Å². The Morgan fingerprint density at radius 3 is 2.78 bits per heavy atom. The molecule has 2 atom stereocenters. The molecule has 1 aliphatic rings. The van der Waals surface area contributed by atoms with Gasteiger partial charge in [-0.15, -0.1) is 11.6 Å². The molecule has 0 aromatic heterocycles. The molecule has 9 heavy (non-hydrogen) atoms. The molecular formula is C6H9ClO2. The first kappa shape index (κ1) is 6.87. The number of cyclic esters (lactones) is 1. The second-order valence-electron chi connectivity index (χ2n) is 2.16. The van der Waals surface area contributed by atoms with E-state index in [2.05, 4.69) is 0 Å². The summed E-state index contributed by atoms with van der Waals surface area (Å²) < 4.78 is 4.85. The molecule has 1 heterocycles. The van der Waals surface area contributed by atoms with Crippen LogP contribution >= 0.6 is 11.6 Å². The van der Waals surface area contributed by atoms with Gasteiger partial charge in [0.05, 0.1) is 11.8 Å². The van der Waals surface area contributed by atoms with Gasteiger partial charge in [-0.3, -0.25) is 4.79 Å². The number of alkyl halides is 1. The van der Waals surface area contributed by atoms with Crippen molar-refractivity contribution in [3.05, 3.63) is 0 Å². The molecule has 1 saturated heterocycles. The molecular weight excluding hydrogens is 140 g/mol. The van der Waals surface area contributed by atoms with Crippen LogP contribution < -0.4 is 0 Å². The number of hydrogen-bond donors (Lipinski definition) is 0. The summed E-state index contributed by atoms with van der Waals surface area (Å²) in [6.07, 6.45) is 1.15. The Hall–Kier alpha value is -0.240. The normalized spacial score (nSPS) is 34.7. The first-order valence-corrected chi connectivity index (χ1v) is 3.51. The van der Waals surface area contributed by atoms with Crippen molar-refractivity contribution >= 4 is 17.6 Å². The lowest BCUT2D eigenvalue weighted by molar-refractivity contribution is -0.141. The average molecular weight is 149 g/mol. The Balaban J connectivity index is 2.47. The molecule has 2 nitrogen and oxygen atoms in total. The summed E-state index contributed by atoms with van der Waals surface area (Å²) in [6, 6.07) is 0. The van der Waals surface area contributed by atoms with Crippen LogP contribution in [0.15, 0.2) is 0 Å². The van der Waals surface area contributed by atoms with Crippen LogP contribution in [0.25, 0.3) is 0 Å². The Bertz CT molecular complexity index is 124. The highest BCUT2D eigenvalue weighted by atomic mass is 35.5. The number of rotatable bonds is 1. The Labute approximate surface area is 59.1 Å². The van der Waals surface area contributed by atoms with E-state index in [0.29, 0.717) is 6.42 Å². The number of carbonyl (C=O) groups excluding carboxylic acids is 1. The predicted octanol–water partition coefficient (Wildman–Crippen LogP) is 1.32. The quantitative estimate of drug-likeness (QED) is 0.414. The fourth-order valence-electron chi connectivity index (χ4n) is 0.921. The molecule has 2 unspecified atom stereocenters. The second kappa shape index (κ2) is 2.56. The van der Waals surface area contributed by atoms with E-state index in [1.807, 2.05) is 6.92 Å².